The van der Waals surface area contributed by atoms with Gasteiger partial charge in [0.25, 0.3) is 0 Å². The zero-order valence-electron chi connectivity index (χ0n) is 10.3. The fourth-order valence-corrected chi connectivity index (χ4v) is 1.98. The van der Waals surface area contributed by atoms with Crippen molar-refractivity contribution in [3.63, 3.8) is 0 Å². The van der Waals surface area contributed by atoms with Crippen LogP contribution in [-0.4, -0.2) is 24.0 Å². The molecule has 2 unspecified atom stereocenters. The first kappa shape index (κ1) is 12.6. The Bertz CT molecular complexity index is 459. The van der Waals surface area contributed by atoms with E-state index in [1.807, 2.05) is 24.3 Å². The number of carbonyl (C=O) groups is 1. The van der Waals surface area contributed by atoms with Gasteiger partial charge < -0.3 is 15.8 Å². The fourth-order valence-electron chi connectivity index (χ4n) is 1.98. The molecule has 2 rings (SSSR count). The van der Waals surface area contributed by atoms with Gasteiger partial charge in [0.1, 0.15) is 0 Å². The van der Waals surface area contributed by atoms with Crippen molar-refractivity contribution in [2.24, 2.45) is 11.7 Å². The summed E-state index contributed by atoms with van der Waals surface area (Å²) in [4.78, 5) is 16.0. The summed E-state index contributed by atoms with van der Waals surface area (Å²) < 4.78 is 5.12. The largest absolute Gasteiger partial charge is 0.481 e. The molecule has 3 N–H and O–H groups in total. The maximum atomic E-state index is 11.9. The van der Waals surface area contributed by atoms with E-state index in [4.69, 9.17) is 10.5 Å². The molecule has 0 aromatic carbocycles. The van der Waals surface area contributed by atoms with Crippen LogP contribution in [0, 0.1) is 5.92 Å². The third-order valence-electron chi connectivity index (χ3n) is 2.95. The quantitative estimate of drug-likeness (QED) is 0.764. The van der Waals surface area contributed by atoms with Crippen LogP contribution in [0.2, 0.25) is 0 Å². The number of hydrogen-bond acceptors (Lipinski definition) is 4. The van der Waals surface area contributed by atoms with Crippen molar-refractivity contribution >= 4 is 5.91 Å². The average Bonchev–Trinajstić information content (AvgIpc) is 2.83. The maximum absolute atomic E-state index is 11.9. The van der Waals surface area contributed by atoms with E-state index < -0.39 is 0 Å². The molecule has 0 saturated carbocycles. The second kappa shape index (κ2) is 5.64. The number of carbonyl (C=O) groups excluding carboxylic acids is 1. The van der Waals surface area contributed by atoms with Crippen molar-refractivity contribution in [3.8, 4) is 5.88 Å². The first-order valence-electron chi connectivity index (χ1n) is 5.90. The molecular formula is C13H17N3O2. The van der Waals surface area contributed by atoms with Crippen LogP contribution in [0.15, 0.2) is 30.5 Å². The third kappa shape index (κ3) is 2.87. The lowest BCUT2D eigenvalue weighted by molar-refractivity contribution is -0.123. The molecule has 2 atom stereocenters. The number of aromatic nitrogens is 1. The minimum absolute atomic E-state index is 0.00585. The Morgan fingerprint density at radius 3 is 3.11 bits per heavy atom. The molecule has 5 nitrogen and oxygen atoms in total. The normalized spacial score (nSPS) is 21.9. The minimum Gasteiger partial charge on any atom is -0.481 e. The van der Waals surface area contributed by atoms with Crippen LogP contribution in [-0.2, 0) is 11.3 Å². The highest BCUT2D eigenvalue weighted by molar-refractivity contribution is 5.81. The number of amides is 1. The van der Waals surface area contributed by atoms with E-state index in [2.05, 4.69) is 10.3 Å². The molecule has 96 valence electrons. The number of nitrogens with two attached hydrogens (primary N) is 1. The highest BCUT2D eigenvalue weighted by atomic mass is 16.5. The van der Waals surface area contributed by atoms with Gasteiger partial charge in [-0.3, -0.25) is 4.79 Å². The van der Waals surface area contributed by atoms with Gasteiger partial charge >= 0.3 is 0 Å². The van der Waals surface area contributed by atoms with E-state index in [9.17, 15) is 4.79 Å². The summed E-state index contributed by atoms with van der Waals surface area (Å²) in [6.45, 7) is 0.412. The van der Waals surface area contributed by atoms with Crippen LogP contribution < -0.4 is 15.8 Å². The summed E-state index contributed by atoms with van der Waals surface area (Å²) in [5.74, 6) is 0.407. The number of rotatable bonds is 4. The minimum atomic E-state index is -0.123. The number of nitrogens with one attached hydrogen (secondary N) is 1. The van der Waals surface area contributed by atoms with Gasteiger partial charge in [-0.15, -0.1) is 0 Å². The van der Waals surface area contributed by atoms with Crippen LogP contribution in [0.1, 0.15) is 12.0 Å². The zero-order chi connectivity index (χ0) is 13.0. The molecule has 0 spiro atoms. The second-order valence-electron chi connectivity index (χ2n) is 4.28. The van der Waals surface area contributed by atoms with Gasteiger partial charge in [0, 0.05) is 24.3 Å². The lowest BCUT2D eigenvalue weighted by Gasteiger charge is -2.11. The predicted molar refractivity (Wildman–Crippen MR) is 67.9 cm³/mol. The Balaban J connectivity index is 1.91. The van der Waals surface area contributed by atoms with Gasteiger partial charge in [0.2, 0.25) is 11.8 Å². The van der Waals surface area contributed by atoms with Crippen molar-refractivity contribution in [1.29, 1.82) is 0 Å². The fraction of sp³-hybridized carbons (Fsp3) is 0.385. The average molecular weight is 247 g/mol. The summed E-state index contributed by atoms with van der Waals surface area (Å²) >= 11 is 0. The van der Waals surface area contributed by atoms with Crippen molar-refractivity contribution in [2.45, 2.75) is 19.0 Å². The molecule has 1 amide bonds. The molecule has 1 heterocycles. The number of ether oxygens (including phenoxy) is 1. The lowest BCUT2D eigenvalue weighted by atomic mass is 10.1. The summed E-state index contributed by atoms with van der Waals surface area (Å²) in [5, 5.41) is 2.87. The molecule has 5 heteroatoms. The lowest BCUT2D eigenvalue weighted by Crippen LogP contribution is -2.30. The molecule has 1 aromatic heterocycles. The van der Waals surface area contributed by atoms with Crippen LogP contribution in [0.3, 0.4) is 0 Å². The van der Waals surface area contributed by atoms with E-state index in [1.54, 1.807) is 13.3 Å². The Morgan fingerprint density at radius 1 is 1.61 bits per heavy atom. The highest BCUT2D eigenvalue weighted by Gasteiger charge is 2.22. The maximum Gasteiger partial charge on any atom is 0.227 e. The molecule has 0 aliphatic heterocycles. The number of pyridine rings is 1. The van der Waals surface area contributed by atoms with Crippen molar-refractivity contribution in [1.82, 2.24) is 10.3 Å². The van der Waals surface area contributed by atoms with Gasteiger partial charge in [-0.05, 0) is 12.5 Å². The van der Waals surface area contributed by atoms with E-state index in [0.29, 0.717) is 18.8 Å². The molecule has 0 fully saturated rings. The van der Waals surface area contributed by atoms with Crippen molar-refractivity contribution in [2.75, 3.05) is 7.11 Å². The zero-order valence-corrected chi connectivity index (χ0v) is 10.3. The summed E-state index contributed by atoms with van der Waals surface area (Å²) in [7, 11) is 1.56. The first-order chi connectivity index (χ1) is 8.70. The molecule has 1 aromatic rings. The molecular weight excluding hydrogens is 230 g/mol. The molecule has 1 aliphatic rings. The standard InChI is InChI=1S/C13H17N3O2/c1-18-13-10(3-2-6-15-13)8-16-12(17)9-4-5-11(14)7-9/h2-6,9,11H,7-8,14H2,1H3,(H,16,17). The van der Waals surface area contributed by atoms with E-state index in [1.165, 1.54) is 0 Å². The number of nitrogens with zero attached hydrogens (tertiary/aromatic N) is 1. The smallest absolute Gasteiger partial charge is 0.227 e. The number of methoxy groups -OCH3 is 1. The van der Waals surface area contributed by atoms with Gasteiger partial charge in [0.05, 0.1) is 13.0 Å². The highest BCUT2D eigenvalue weighted by Crippen LogP contribution is 2.17. The van der Waals surface area contributed by atoms with Crippen molar-refractivity contribution < 1.29 is 9.53 Å². The van der Waals surface area contributed by atoms with Crippen LogP contribution in [0.4, 0.5) is 0 Å². The Hall–Kier alpha value is -1.88. The molecule has 1 aliphatic carbocycles. The Labute approximate surface area is 106 Å². The van der Waals surface area contributed by atoms with Gasteiger partial charge in [-0.1, -0.05) is 18.2 Å². The van der Waals surface area contributed by atoms with E-state index >= 15 is 0 Å². The molecule has 0 bridgehead atoms. The second-order valence-corrected chi connectivity index (χ2v) is 4.28. The van der Waals surface area contributed by atoms with Crippen LogP contribution in [0.25, 0.3) is 0 Å². The van der Waals surface area contributed by atoms with Crippen molar-refractivity contribution in [3.05, 3.63) is 36.0 Å². The third-order valence-corrected chi connectivity index (χ3v) is 2.95. The van der Waals surface area contributed by atoms with Crippen LogP contribution >= 0.6 is 0 Å². The van der Waals surface area contributed by atoms with Crippen LogP contribution in [0.5, 0.6) is 5.88 Å². The first-order valence-corrected chi connectivity index (χ1v) is 5.90. The monoisotopic (exact) mass is 247 g/mol. The summed E-state index contributed by atoms with van der Waals surface area (Å²) in [6.07, 6.45) is 6.06. The van der Waals surface area contributed by atoms with Gasteiger partial charge in [-0.2, -0.15) is 0 Å². The summed E-state index contributed by atoms with van der Waals surface area (Å²) in [5.41, 5.74) is 6.58. The Morgan fingerprint density at radius 2 is 2.44 bits per heavy atom. The Kier molecular flexibility index (Phi) is 3.94. The topological polar surface area (TPSA) is 77.2 Å². The van der Waals surface area contributed by atoms with Gasteiger partial charge in [0.15, 0.2) is 0 Å². The molecule has 18 heavy (non-hydrogen) atoms. The predicted octanol–water partition coefficient (Wildman–Crippen LogP) is 0.610. The molecule has 0 saturated heterocycles. The molecule has 0 radical (unpaired) electrons. The van der Waals surface area contributed by atoms with E-state index in [-0.39, 0.29) is 17.9 Å². The van der Waals surface area contributed by atoms with E-state index in [0.717, 1.165) is 5.56 Å². The number of hydrogen-bond donors (Lipinski definition) is 2. The SMILES string of the molecule is COc1ncccc1CNC(=O)C1C=CC(N)C1. The van der Waals surface area contributed by atoms with Gasteiger partial charge in [-0.25, -0.2) is 4.98 Å². The summed E-state index contributed by atoms with van der Waals surface area (Å²) in [6, 6.07) is 3.69.